The second-order valence-corrected chi connectivity index (χ2v) is 7.26. The molecule has 1 aromatic carbocycles. The maximum absolute atomic E-state index is 12.4. The normalized spacial score (nSPS) is 11.8. The van der Waals surface area contributed by atoms with Crippen LogP contribution in [0.1, 0.15) is 35.9 Å². The van der Waals surface area contributed by atoms with Gasteiger partial charge in [-0.1, -0.05) is 25.5 Å². The molecular weight excluding hydrogens is 298 g/mol. The summed E-state index contributed by atoms with van der Waals surface area (Å²) in [6, 6.07) is 7.07. The zero-order chi connectivity index (χ0) is 16.3. The molecule has 0 spiro atoms. The Labute approximate surface area is 132 Å². The lowest BCUT2D eigenvalue weighted by Gasteiger charge is -2.08. The van der Waals surface area contributed by atoms with Crippen molar-refractivity contribution in [2.24, 2.45) is 7.05 Å². The van der Waals surface area contributed by atoms with Gasteiger partial charge in [-0.05, 0) is 38.0 Å². The molecule has 0 atom stereocenters. The fourth-order valence-electron chi connectivity index (χ4n) is 2.45. The van der Waals surface area contributed by atoms with Crippen molar-refractivity contribution in [2.75, 3.05) is 0 Å². The minimum absolute atomic E-state index is 0.255. The highest BCUT2D eigenvalue weighted by atomic mass is 32.2. The largest absolute Gasteiger partial charge is 0.272 e. The van der Waals surface area contributed by atoms with Crippen LogP contribution in [-0.4, -0.2) is 18.2 Å². The number of sulfonamides is 1. The summed E-state index contributed by atoms with van der Waals surface area (Å²) < 4.78 is 29.2. The van der Waals surface area contributed by atoms with Crippen molar-refractivity contribution < 1.29 is 8.42 Å². The van der Waals surface area contributed by atoms with Gasteiger partial charge >= 0.3 is 0 Å². The molecule has 6 heteroatoms. The van der Waals surface area contributed by atoms with E-state index in [4.69, 9.17) is 0 Å². The molecule has 0 saturated carbocycles. The number of hydrogen-bond acceptors (Lipinski definition) is 3. The molecule has 0 bridgehead atoms. The molecule has 0 saturated heterocycles. The van der Waals surface area contributed by atoms with Gasteiger partial charge in [0.15, 0.2) is 0 Å². The highest BCUT2D eigenvalue weighted by molar-refractivity contribution is 7.89. The summed E-state index contributed by atoms with van der Waals surface area (Å²) in [4.78, 5) is 0.298. The van der Waals surface area contributed by atoms with Gasteiger partial charge in [0, 0.05) is 24.8 Å². The monoisotopic (exact) mass is 321 g/mol. The standard InChI is InChI=1S/C16H23N3O2S/c1-5-6-14-7-9-15(10-8-14)22(20,21)17-11-16-12(2)18-19(4)13(16)3/h7-10,17H,5-6,11H2,1-4H3. The topological polar surface area (TPSA) is 64.0 Å². The first-order valence-corrected chi connectivity index (χ1v) is 8.91. The van der Waals surface area contributed by atoms with E-state index in [9.17, 15) is 8.42 Å². The Morgan fingerprint density at radius 2 is 1.82 bits per heavy atom. The SMILES string of the molecule is CCCc1ccc(S(=O)(=O)NCc2c(C)nn(C)c2C)cc1. The molecule has 0 fully saturated rings. The van der Waals surface area contributed by atoms with Crippen molar-refractivity contribution in [3.05, 3.63) is 46.8 Å². The van der Waals surface area contributed by atoms with Gasteiger partial charge in [-0.15, -0.1) is 0 Å². The molecule has 2 aromatic rings. The lowest BCUT2D eigenvalue weighted by molar-refractivity contribution is 0.581. The Balaban J connectivity index is 2.14. The molecule has 120 valence electrons. The fraction of sp³-hybridized carbons (Fsp3) is 0.438. The van der Waals surface area contributed by atoms with Crippen LogP contribution >= 0.6 is 0 Å². The van der Waals surface area contributed by atoms with Crippen LogP contribution < -0.4 is 4.72 Å². The summed E-state index contributed by atoms with van der Waals surface area (Å²) >= 11 is 0. The van der Waals surface area contributed by atoms with Gasteiger partial charge in [0.05, 0.1) is 10.6 Å². The van der Waals surface area contributed by atoms with Crippen molar-refractivity contribution >= 4 is 10.0 Å². The maximum Gasteiger partial charge on any atom is 0.240 e. The molecule has 0 aliphatic heterocycles. The minimum Gasteiger partial charge on any atom is -0.272 e. The van der Waals surface area contributed by atoms with E-state index < -0.39 is 10.0 Å². The number of rotatable bonds is 6. The smallest absolute Gasteiger partial charge is 0.240 e. The van der Waals surface area contributed by atoms with E-state index in [1.807, 2.05) is 33.0 Å². The van der Waals surface area contributed by atoms with Crippen LogP contribution in [0.2, 0.25) is 0 Å². The third-order valence-electron chi connectivity index (χ3n) is 3.87. The Hall–Kier alpha value is -1.66. The Morgan fingerprint density at radius 3 is 2.32 bits per heavy atom. The van der Waals surface area contributed by atoms with Crippen molar-refractivity contribution in [1.29, 1.82) is 0 Å². The van der Waals surface area contributed by atoms with E-state index >= 15 is 0 Å². The summed E-state index contributed by atoms with van der Waals surface area (Å²) in [5.41, 5.74) is 3.90. The molecule has 22 heavy (non-hydrogen) atoms. The minimum atomic E-state index is -3.50. The summed E-state index contributed by atoms with van der Waals surface area (Å²) in [5, 5.41) is 4.30. The Kier molecular flexibility index (Phi) is 5.03. The van der Waals surface area contributed by atoms with Crippen LogP contribution in [0.25, 0.3) is 0 Å². The van der Waals surface area contributed by atoms with Crippen LogP contribution in [0.3, 0.4) is 0 Å². The summed E-state index contributed by atoms with van der Waals surface area (Å²) in [5.74, 6) is 0. The number of aromatic nitrogens is 2. The van der Waals surface area contributed by atoms with E-state index in [0.29, 0.717) is 4.90 Å². The van der Waals surface area contributed by atoms with Crippen LogP contribution in [0.5, 0.6) is 0 Å². The zero-order valence-corrected chi connectivity index (χ0v) is 14.4. The van der Waals surface area contributed by atoms with E-state index in [0.717, 1.165) is 35.4 Å². The first kappa shape index (κ1) is 16.7. The lowest BCUT2D eigenvalue weighted by Crippen LogP contribution is -2.23. The van der Waals surface area contributed by atoms with Gasteiger partial charge in [0.2, 0.25) is 10.0 Å². The molecule has 2 rings (SSSR count). The second-order valence-electron chi connectivity index (χ2n) is 5.49. The van der Waals surface area contributed by atoms with Crippen molar-refractivity contribution in [3.63, 3.8) is 0 Å². The number of hydrogen-bond donors (Lipinski definition) is 1. The van der Waals surface area contributed by atoms with E-state index in [1.165, 1.54) is 0 Å². The molecule has 5 nitrogen and oxygen atoms in total. The molecule has 0 amide bonds. The predicted octanol–water partition coefficient (Wildman–Crippen LogP) is 2.47. The predicted molar refractivity (Wildman–Crippen MR) is 87.1 cm³/mol. The average Bonchev–Trinajstić information content (AvgIpc) is 2.71. The van der Waals surface area contributed by atoms with E-state index in [2.05, 4.69) is 16.7 Å². The Bertz CT molecular complexity index is 746. The molecule has 1 heterocycles. The van der Waals surface area contributed by atoms with Crippen molar-refractivity contribution in [2.45, 2.75) is 45.1 Å². The fourth-order valence-corrected chi connectivity index (χ4v) is 3.44. The quantitative estimate of drug-likeness (QED) is 0.889. The van der Waals surface area contributed by atoms with Gasteiger partial charge in [0.1, 0.15) is 0 Å². The molecule has 0 unspecified atom stereocenters. The average molecular weight is 321 g/mol. The highest BCUT2D eigenvalue weighted by Crippen LogP contribution is 2.15. The van der Waals surface area contributed by atoms with Crippen LogP contribution in [-0.2, 0) is 30.0 Å². The number of benzene rings is 1. The van der Waals surface area contributed by atoms with Gasteiger partial charge in [-0.25, -0.2) is 13.1 Å². The maximum atomic E-state index is 12.4. The number of nitrogens with zero attached hydrogens (tertiary/aromatic N) is 2. The van der Waals surface area contributed by atoms with Gasteiger partial charge in [0.25, 0.3) is 0 Å². The first-order chi connectivity index (χ1) is 10.3. The zero-order valence-electron chi connectivity index (χ0n) is 13.5. The molecule has 0 radical (unpaired) electrons. The van der Waals surface area contributed by atoms with Crippen molar-refractivity contribution in [1.82, 2.24) is 14.5 Å². The highest BCUT2D eigenvalue weighted by Gasteiger charge is 2.16. The summed E-state index contributed by atoms with van der Waals surface area (Å²) in [6.45, 7) is 6.18. The van der Waals surface area contributed by atoms with Crippen molar-refractivity contribution in [3.8, 4) is 0 Å². The van der Waals surface area contributed by atoms with Gasteiger partial charge in [-0.2, -0.15) is 5.10 Å². The molecule has 1 N–H and O–H groups in total. The molecular formula is C16H23N3O2S. The van der Waals surface area contributed by atoms with Crippen LogP contribution in [0.15, 0.2) is 29.2 Å². The van der Waals surface area contributed by atoms with Gasteiger partial charge < -0.3 is 0 Å². The third-order valence-corrected chi connectivity index (χ3v) is 5.29. The molecule has 0 aliphatic rings. The Morgan fingerprint density at radius 1 is 1.18 bits per heavy atom. The summed E-state index contributed by atoms with van der Waals surface area (Å²) in [7, 11) is -1.65. The van der Waals surface area contributed by atoms with Gasteiger partial charge in [-0.3, -0.25) is 4.68 Å². The molecule has 0 aliphatic carbocycles. The van der Waals surface area contributed by atoms with E-state index in [1.54, 1.807) is 16.8 Å². The van der Waals surface area contributed by atoms with Crippen LogP contribution in [0, 0.1) is 13.8 Å². The number of aryl methyl sites for hydroxylation is 3. The third kappa shape index (κ3) is 3.56. The van der Waals surface area contributed by atoms with E-state index in [-0.39, 0.29) is 6.54 Å². The molecule has 1 aromatic heterocycles. The second kappa shape index (κ2) is 6.62. The lowest BCUT2D eigenvalue weighted by atomic mass is 10.1. The summed E-state index contributed by atoms with van der Waals surface area (Å²) in [6.07, 6.45) is 2.01. The number of nitrogens with one attached hydrogen (secondary N) is 1. The van der Waals surface area contributed by atoms with Crippen LogP contribution in [0.4, 0.5) is 0 Å². The first-order valence-electron chi connectivity index (χ1n) is 7.43.